The van der Waals surface area contributed by atoms with Gasteiger partial charge in [-0.3, -0.25) is 14.5 Å². The highest BCUT2D eigenvalue weighted by atomic mass is 17.2. The number of hydrogen-bond donors (Lipinski definition) is 1. The highest BCUT2D eigenvalue weighted by Crippen LogP contribution is 2.34. The van der Waals surface area contributed by atoms with Crippen LogP contribution in [0.1, 0.15) is 43.1 Å². The number of nitrogens with zero attached hydrogens (tertiary/aromatic N) is 1. The van der Waals surface area contributed by atoms with Gasteiger partial charge in [-0.2, -0.15) is 0 Å². The Morgan fingerprint density at radius 2 is 1.67 bits per heavy atom. The van der Waals surface area contributed by atoms with Gasteiger partial charge in [0.15, 0.2) is 0 Å². The fraction of sp³-hybridized carbons (Fsp3) is 0.240. The number of imide groups is 1. The van der Waals surface area contributed by atoms with Crippen LogP contribution in [-0.2, 0) is 21.1 Å². The maximum atomic E-state index is 13.0. The van der Waals surface area contributed by atoms with Crippen LogP contribution in [-0.4, -0.2) is 50.0 Å². The van der Waals surface area contributed by atoms with E-state index in [4.69, 9.17) is 9.78 Å². The van der Waals surface area contributed by atoms with E-state index in [1.807, 2.05) is 25.2 Å². The van der Waals surface area contributed by atoms with Gasteiger partial charge in [-0.05, 0) is 42.3 Å². The fourth-order valence-electron chi connectivity index (χ4n) is 3.87. The summed E-state index contributed by atoms with van der Waals surface area (Å²) in [6.45, 7) is 0.637. The molecule has 33 heavy (non-hydrogen) atoms. The van der Waals surface area contributed by atoms with Gasteiger partial charge in [0.25, 0.3) is 11.8 Å². The fourth-order valence-corrected chi connectivity index (χ4v) is 3.87. The van der Waals surface area contributed by atoms with Crippen molar-refractivity contribution in [1.82, 2.24) is 4.90 Å². The van der Waals surface area contributed by atoms with Gasteiger partial charge in [0.2, 0.25) is 0 Å². The number of esters is 1. The first-order valence-electron chi connectivity index (χ1n) is 10.6. The van der Waals surface area contributed by atoms with Crippen LogP contribution in [0.4, 0.5) is 5.69 Å². The molecule has 0 saturated carbocycles. The molecular formula is C25H24N2O6. The zero-order chi connectivity index (χ0) is 23.4. The Bertz CT molecular complexity index is 1180. The highest BCUT2D eigenvalue weighted by Gasteiger charge is 2.32. The molecule has 0 spiro atoms. The topological polar surface area (TPSA) is 94.2 Å². The molecule has 1 heterocycles. The van der Waals surface area contributed by atoms with Gasteiger partial charge in [0.05, 0.1) is 19.3 Å². The maximum Gasteiger partial charge on any atom is 0.337 e. The second-order valence-electron chi connectivity index (χ2n) is 7.53. The van der Waals surface area contributed by atoms with Crippen molar-refractivity contribution < 1.29 is 28.9 Å². The number of carbonyl (C=O) groups excluding carboxylic acids is 3. The van der Waals surface area contributed by atoms with Crippen LogP contribution in [0.25, 0.3) is 10.8 Å². The molecule has 0 aliphatic carbocycles. The molecule has 2 amide bonds. The summed E-state index contributed by atoms with van der Waals surface area (Å²) in [5.41, 5.74) is 3.20. The van der Waals surface area contributed by atoms with Gasteiger partial charge >= 0.3 is 5.97 Å². The number of anilines is 1. The molecule has 8 nitrogen and oxygen atoms in total. The van der Waals surface area contributed by atoms with Crippen LogP contribution in [0.3, 0.4) is 0 Å². The summed E-state index contributed by atoms with van der Waals surface area (Å²) in [7, 11) is 3.14. The van der Waals surface area contributed by atoms with Crippen molar-refractivity contribution in [1.29, 1.82) is 0 Å². The molecule has 0 unspecified atom stereocenters. The Morgan fingerprint density at radius 1 is 0.939 bits per heavy atom. The lowest BCUT2D eigenvalue weighted by molar-refractivity contribution is -0.304. The quantitative estimate of drug-likeness (QED) is 0.175. The molecule has 8 heteroatoms. The predicted octanol–water partition coefficient (Wildman–Crippen LogP) is 3.80. The molecule has 3 aromatic carbocycles. The lowest BCUT2D eigenvalue weighted by atomic mass is 9.93. The summed E-state index contributed by atoms with van der Waals surface area (Å²) in [4.78, 5) is 49.1. The van der Waals surface area contributed by atoms with E-state index in [1.165, 1.54) is 12.0 Å². The Balaban J connectivity index is 1.31. The molecule has 1 aliphatic rings. The van der Waals surface area contributed by atoms with Crippen LogP contribution in [0.15, 0.2) is 54.6 Å². The van der Waals surface area contributed by atoms with Crippen molar-refractivity contribution in [3.8, 4) is 0 Å². The van der Waals surface area contributed by atoms with E-state index in [1.54, 1.807) is 36.4 Å². The van der Waals surface area contributed by atoms with Gasteiger partial charge < -0.3 is 10.1 Å². The lowest BCUT2D eigenvalue weighted by Crippen LogP contribution is -2.41. The van der Waals surface area contributed by atoms with Crippen molar-refractivity contribution >= 4 is 34.2 Å². The third-order valence-electron chi connectivity index (χ3n) is 5.55. The predicted molar refractivity (Wildman–Crippen MR) is 122 cm³/mol. The van der Waals surface area contributed by atoms with Crippen LogP contribution in [0.2, 0.25) is 0 Å². The number of methoxy groups -OCH3 is 1. The molecule has 0 radical (unpaired) electrons. The molecule has 0 fully saturated rings. The number of benzene rings is 3. The van der Waals surface area contributed by atoms with Gasteiger partial charge in [-0.15, -0.1) is 0 Å². The molecule has 3 aromatic rings. The minimum absolute atomic E-state index is 0.201. The van der Waals surface area contributed by atoms with Gasteiger partial charge in [0, 0.05) is 41.2 Å². The Morgan fingerprint density at radius 3 is 2.36 bits per heavy atom. The first kappa shape index (κ1) is 22.4. The van der Waals surface area contributed by atoms with Crippen molar-refractivity contribution in [2.75, 3.05) is 32.6 Å². The Labute approximate surface area is 191 Å². The Kier molecular flexibility index (Phi) is 6.67. The van der Waals surface area contributed by atoms with Crippen LogP contribution in [0.5, 0.6) is 0 Å². The van der Waals surface area contributed by atoms with E-state index in [2.05, 4.69) is 10.1 Å². The van der Waals surface area contributed by atoms with Gasteiger partial charge in [0.1, 0.15) is 6.61 Å². The summed E-state index contributed by atoms with van der Waals surface area (Å²) in [6.07, 6.45) is 0.429. The maximum absolute atomic E-state index is 13.0. The zero-order valence-corrected chi connectivity index (χ0v) is 18.4. The average molecular weight is 448 g/mol. The smallest absolute Gasteiger partial charge is 0.337 e. The molecule has 1 N–H and O–H groups in total. The van der Waals surface area contributed by atoms with Crippen molar-refractivity contribution in [3.05, 3.63) is 76.9 Å². The van der Waals surface area contributed by atoms with Crippen molar-refractivity contribution in [3.63, 3.8) is 0 Å². The molecule has 4 rings (SSSR count). The molecule has 0 bridgehead atoms. The first-order chi connectivity index (χ1) is 16.0. The monoisotopic (exact) mass is 448 g/mol. The number of nitrogens with one attached hydrogen (secondary N) is 1. The minimum atomic E-state index is -0.401. The van der Waals surface area contributed by atoms with E-state index < -0.39 is 5.97 Å². The molecule has 0 atom stereocenters. The molecule has 1 aliphatic heterocycles. The third-order valence-corrected chi connectivity index (χ3v) is 5.55. The van der Waals surface area contributed by atoms with E-state index >= 15 is 0 Å². The second kappa shape index (κ2) is 9.81. The molecule has 0 aromatic heterocycles. The van der Waals surface area contributed by atoms with E-state index in [9.17, 15) is 14.4 Å². The minimum Gasteiger partial charge on any atom is -0.465 e. The third kappa shape index (κ3) is 4.44. The summed E-state index contributed by atoms with van der Waals surface area (Å²) in [6, 6.07) is 15.9. The SMILES string of the molecule is CNc1ccc2c3c(cccc13)C(=O)N(CCCOOCc1ccc(C(=O)OC)cc1)C2=O. The number of amides is 2. The van der Waals surface area contributed by atoms with Crippen LogP contribution in [0, 0.1) is 0 Å². The standard InChI is InChI=1S/C25H24N2O6/c1-26-21-12-11-20-22-18(21)5-3-6-19(22)23(28)27(24(20)29)13-4-14-32-33-15-16-7-9-17(10-8-16)25(30)31-2/h3,5-12,26H,4,13-15H2,1-2H3. The summed E-state index contributed by atoms with van der Waals surface area (Å²) in [5, 5.41) is 4.64. The molecular weight excluding hydrogens is 424 g/mol. The van der Waals surface area contributed by atoms with Gasteiger partial charge in [-0.1, -0.05) is 24.3 Å². The van der Waals surface area contributed by atoms with Crippen LogP contribution >= 0.6 is 0 Å². The summed E-state index contributed by atoms with van der Waals surface area (Å²) in [5.74, 6) is -1.02. The molecule has 0 saturated heterocycles. The van der Waals surface area contributed by atoms with Gasteiger partial charge in [-0.25, -0.2) is 14.6 Å². The number of rotatable bonds is 9. The van der Waals surface area contributed by atoms with E-state index in [0.29, 0.717) is 28.5 Å². The number of hydrogen-bond acceptors (Lipinski definition) is 7. The average Bonchev–Trinajstić information content (AvgIpc) is 2.85. The van der Waals surface area contributed by atoms with Crippen LogP contribution < -0.4 is 5.32 Å². The first-order valence-corrected chi connectivity index (χ1v) is 10.6. The van der Waals surface area contributed by atoms with Crippen molar-refractivity contribution in [2.45, 2.75) is 13.0 Å². The number of ether oxygens (including phenoxy) is 1. The Hall–Kier alpha value is -3.75. The largest absolute Gasteiger partial charge is 0.465 e. The van der Waals surface area contributed by atoms with E-state index in [-0.39, 0.29) is 31.6 Å². The highest BCUT2D eigenvalue weighted by molar-refractivity contribution is 6.26. The summed E-state index contributed by atoms with van der Waals surface area (Å²) < 4.78 is 4.66. The summed E-state index contributed by atoms with van der Waals surface area (Å²) >= 11 is 0. The molecule has 170 valence electrons. The van der Waals surface area contributed by atoms with Crippen molar-refractivity contribution in [2.24, 2.45) is 0 Å². The lowest BCUT2D eigenvalue weighted by Gasteiger charge is -2.27. The second-order valence-corrected chi connectivity index (χ2v) is 7.53. The normalized spacial score (nSPS) is 12.8. The zero-order valence-electron chi connectivity index (χ0n) is 18.4. The number of carbonyl (C=O) groups is 3. The van der Waals surface area contributed by atoms with E-state index in [0.717, 1.165) is 16.6 Å².